The topological polar surface area (TPSA) is 58.9 Å². The monoisotopic (exact) mass is 212 g/mol. The summed E-state index contributed by atoms with van der Waals surface area (Å²) >= 11 is 0. The largest absolute Gasteiger partial charge is 0.502 e. The summed E-state index contributed by atoms with van der Waals surface area (Å²) in [4.78, 5) is 0. The van der Waals surface area contributed by atoms with Gasteiger partial charge >= 0.3 is 0 Å². The van der Waals surface area contributed by atoms with Gasteiger partial charge in [-0.15, -0.1) is 0 Å². The fraction of sp³-hybridized carbons (Fsp3) is 0.455. The number of phenolic OH excluding ortho intramolecular Hbond substituents is 1. The van der Waals surface area contributed by atoms with E-state index in [-0.39, 0.29) is 5.75 Å². The third kappa shape index (κ3) is 2.33. The number of aromatic hydroxyl groups is 1. The van der Waals surface area contributed by atoms with Gasteiger partial charge in [0.15, 0.2) is 11.5 Å². The van der Waals surface area contributed by atoms with Crippen LogP contribution in [0.5, 0.6) is 17.2 Å². The van der Waals surface area contributed by atoms with Crippen LogP contribution in [0.4, 0.5) is 0 Å². The molecule has 0 aliphatic rings. The van der Waals surface area contributed by atoms with Gasteiger partial charge in [-0.25, -0.2) is 0 Å². The Morgan fingerprint density at radius 3 is 2.00 bits per heavy atom. The molecule has 0 aliphatic carbocycles. The van der Waals surface area contributed by atoms with Crippen LogP contribution in [0.1, 0.15) is 25.0 Å². The molecule has 0 spiro atoms. The van der Waals surface area contributed by atoms with Crippen LogP contribution >= 0.6 is 0 Å². The molecule has 15 heavy (non-hydrogen) atoms. The Morgan fingerprint density at radius 2 is 1.67 bits per heavy atom. The van der Waals surface area contributed by atoms with E-state index in [1.807, 2.05) is 6.92 Å². The van der Waals surface area contributed by atoms with Gasteiger partial charge in [0.25, 0.3) is 0 Å². The molecular weight excluding hydrogens is 196 g/mol. The normalized spacial score (nSPS) is 12.3. The van der Waals surface area contributed by atoms with Crippen molar-refractivity contribution in [3.05, 3.63) is 17.7 Å². The highest BCUT2D eigenvalue weighted by molar-refractivity contribution is 5.53. The van der Waals surface area contributed by atoms with E-state index in [0.717, 1.165) is 0 Å². The Morgan fingerprint density at radius 1 is 1.20 bits per heavy atom. The van der Waals surface area contributed by atoms with E-state index in [4.69, 9.17) is 9.47 Å². The van der Waals surface area contributed by atoms with Gasteiger partial charge in [0, 0.05) is 0 Å². The molecule has 0 radical (unpaired) electrons. The Kier molecular flexibility index (Phi) is 3.80. The lowest BCUT2D eigenvalue weighted by atomic mass is 10.1. The van der Waals surface area contributed by atoms with Gasteiger partial charge in [-0.3, -0.25) is 0 Å². The molecule has 0 unspecified atom stereocenters. The predicted molar refractivity (Wildman–Crippen MR) is 56.5 cm³/mol. The zero-order valence-electron chi connectivity index (χ0n) is 9.15. The van der Waals surface area contributed by atoms with Crippen LogP contribution in [0.2, 0.25) is 0 Å². The number of aliphatic hydroxyl groups excluding tert-OH is 1. The van der Waals surface area contributed by atoms with Crippen molar-refractivity contribution in [2.45, 2.75) is 19.4 Å². The molecular formula is C11H16O4. The summed E-state index contributed by atoms with van der Waals surface area (Å²) < 4.78 is 9.96. The van der Waals surface area contributed by atoms with E-state index >= 15 is 0 Å². The maximum atomic E-state index is 9.67. The summed E-state index contributed by atoms with van der Waals surface area (Å²) in [6, 6.07) is 3.21. The van der Waals surface area contributed by atoms with Gasteiger partial charge in [0.2, 0.25) is 5.75 Å². The highest BCUT2D eigenvalue weighted by atomic mass is 16.5. The number of methoxy groups -OCH3 is 2. The van der Waals surface area contributed by atoms with Crippen molar-refractivity contribution in [1.29, 1.82) is 0 Å². The van der Waals surface area contributed by atoms with Crippen LogP contribution < -0.4 is 9.47 Å². The summed E-state index contributed by atoms with van der Waals surface area (Å²) in [6.45, 7) is 1.87. The van der Waals surface area contributed by atoms with Crippen LogP contribution in [-0.4, -0.2) is 24.4 Å². The summed E-state index contributed by atoms with van der Waals surface area (Å²) in [6.07, 6.45) is 0.0188. The molecule has 4 nitrogen and oxygen atoms in total. The quantitative estimate of drug-likeness (QED) is 0.799. The first-order valence-corrected chi connectivity index (χ1v) is 4.77. The minimum Gasteiger partial charge on any atom is -0.502 e. The van der Waals surface area contributed by atoms with Crippen molar-refractivity contribution < 1.29 is 19.7 Å². The number of ether oxygens (including phenoxy) is 2. The average Bonchev–Trinajstić information content (AvgIpc) is 2.28. The van der Waals surface area contributed by atoms with E-state index in [1.165, 1.54) is 14.2 Å². The van der Waals surface area contributed by atoms with Crippen molar-refractivity contribution in [2.75, 3.05) is 14.2 Å². The van der Waals surface area contributed by atoms with E-state index in [9.17, 15) is 10.2 Å². The zero-order valence-corrected chi connectivity index (χ0v) is 9.15. The SMILES string of the molecule is CC[C@H](O)c1cc(OC)c(O)c(OC)c1. The molecule has 84 valence electrons. The van der Waals surface area contributed by atoms with Crippen molar-refractivity contribution in [3.8, 4) is 17.2 Å². The fourth-order valence-corrected chi connectivity index (χ4v) is 1.34. The van der Waals surface area contributed by atoms with Crippen LogP contribution in [0, 0.1) is 0 Å². The molecule has 1 rings (SSSR count). The maximum absolute atomic E-state index is 9.67. The standard InChI is InChI=1S/C11H16O4/c1-4-8(12)7-5-9(14-2)11(13)10(6-7)15-3/h5-6,8,12-13H,4H2,1-3H3/t8-/m0/s1. The number of benzene rings is 1. The first-order valence-electron chi connectivity index (χ1n) is 4.77. The highest BCUT2D eigenvalue weighted by Crippen LogP contribution is 2.38. The van der Waals surface area contributed by atoms with Crippen molar-refractivity contribution in [3.63, 3.8) is 0 Å². The molecule has 0 bridgehead atoms. The van der Waals surface area contributed by atoms with Crippen molar-refractivity contribution in [1.82, 2.24) is 0 Å². The molecule has 4 heteroatoms. The minimum absolute atomic E-state index is 0.0490. The highest BCUT2D eigenvalue weighted by Gasteiger charge is 2.14. The predicted octanol–water partition coefficient (Wildman–Crippen LogP) is 1.85. The number of phenols is 1. The number of rotatable bonds is 4. The lowest BCUT2D eigenvalue weighted by molar-refractivity contribution is 0.172. The van der Waals surface area contributed by atoms with E-state index in [2.05, 4.69) is 0 Å². The second-order valence-electron chi connectivity index (χ2n) is 3.20. The molecule has 0 heterocycles. The molecule has 1 aromatic carbocycles. The van der Waals surface area contributed by atoms with E-state index < -0.39 is 6.10 Å². The third-order valence-electron chi connectivity index (χ3n) is 2.27. The summed E-state index contributed by atoms with van der Waals surface area (Å²) in [5.74, 6) is 0.556. The Bertz CT molecular complexity index is 310. The van der Waals surface area contributed by atoms with E-state index in [1.54, 1.807) is 12.1 Å². The Balaban J connectivity index is 3.20. The molecule has 0 fully saturated rings. The second kappa shape index (κ2) is 4.89. The van der Waals surface area contributed by atoms with Crippen LogP contribution in [0.3, 0.4) is 0 Å². The second-order valence-corrected chi connectivity index (χ2v) is 3.20. The molecule has 1 atom stereocenters. The van der Waals surface area contributed by atoms with Crippen molar-refractivity contribution in [2.24, 2.45) is 0 Å². The zero-order chi connectivity index (χ0) is 11.4. The smallest absolute Gasteiger partial charge is 0.200 e. The molecule has 0 aromatic heterocycles. The minimum atomic E-state index is -0.576. The lowest BCUT2D eigenvalue weighted by Crippen LogP contribution is -1.98. The summed E-state index contributed by atoms with van der Waals surface area (Å²) in [7, 11) is 2.91. The number of hydrogen-bond donors (Lipinski definition) is 2. The van der Waals surface area contributed by atoms with Crippen molar-refractivity contribution >= 4 is 0 Å². The molecule has 0 aliphatic heterocycles. The molecule has 1 aromatic rings. The Hall–Kier alpha value is -1.42. The van der Waals surface area contributed by atoms with Crippen LogP contribution in [0.25, 0.3) is 0 Å². The van der Waals surface area contributed by atoms with Gasteiger partial charge in [-0.2, -0.15) is 0 Å². The molecule has 2 N–H and O–H groups in total. The third-order valence-corrected chi connectivity index (χ3v) is 2.27. The molecule has 0 saturated heterocycles. The number of aliphatic hydroxyl groups is 1. The van der Waals surface area contributed by atoms with Gasteiger partial charge in [-0.1, -0.05) is 6.92 Å². The van der Waals surface area contributed by atoms with Crippen LogP contribution in [0.15, 0.2) is 12.1 Å². The van der Waals surface area contributed by atoms with Crippen LogP contribution in [-0.2, 0) is 0 Å². The summed E-state index contributed by atoms with van der Waals surface area (Å²) in [5.41, 5.74) is 0.670. The fourth-order valence-electron chi connectivity index (χ4n) is 1.34. The van der Waals surface area contributed by atoms with Gasteiger partial charge in [0.1, 0.15) is 0 Å². The molecule has 0 amide bonds. The van der Waals surface area contributed by atoms with E-state index in [0.29, 0.717) is 23.5 Å². The lowest BCUT2D eigenvalue weighted by Gasteiger charge is -2.13. The maximum Gasteiger partial charge on any atom is 0.200 e. The summed E-state index contributed by atoms with van der Waals surface area (Å²) in [5, 5.41) is 19.3. The molecule has 0 saturated carbocycles. The van der Waals surface area contributed by atoms with Gasteiger partial charge in [-0.05, 0) is 24.1 Å². The first kappa shape index (κ1) is 11.7. The number of hydrogen-bond acceptors (Lipinski definition) is 4. The Labute approximate surface area is 89.1 Å². The first-order chi connectivity index (χ1) is 7.13. The van der Waals surface area contributed by atoms with Gasteiger partial charge in [0.05, 0.1) is 20.3 Å². The van der Waals surface area contributed by atoms with Gasteiger partial charge < -0.3 is 19.7 Å². The average molecular weight is 212 g/mol.